The summed E-state index contributed by atoms with van der Waals surface area (Å²) in [6.45, 7) is 0. The minimum atomic E-state index is -0.807. The number of fused-ring (bicyclic) bond motifs is 1. The van der Waals surface area contributed by atoms with Crippen LogP contribution in [0.1, 0.15) is 12.0 Å². The summed E-state index contributed by atoms with van der Waals surface area (Å²) in [6.07, 6.45) is 2.27. The van der Waals surface area contributed by atoms with Gasteiger partial charge in [-0.05, 0) is 24.1 Å². The summed E-state index contributed by atoms with van der Waals surface area (Å²) in [6, 6.07) is 3.67. The van der Waals surface area contributed by atoms with Crippen molar-refractivity contribution in [2.75, 3.05) is 0 Å². The number of rotatable bonds is 3. The van der Waals surface area contributed by atoms with Gasteiger partial charge in [-0.1, -0.05) is 11.6 Å². The van der Waals surface area contributed by atoms with Crippen LogP contribution in [0.4, 0.5) is 0 Å². The topological polar surface area (TPSA) is 66.0 Å². The van der Waals surface area contributed by atoms with Gasteiger partial charge in [0.15, 0.2) is 0 Å². The third-order valence-electron chi connectivity index (χ3n) is 2.19. The van der Waals surface area contributed by atoms with Gasteiger partial charge in [-0.2, -0.15) is 5.10 Å². The van der Waals surface area contributed by atoms with Crippen LogP contribution in [0.2, 0.25) is 5.02 Å². The van der Waals surface area contributed by atoms with E-state index in [1.165, 1.54) is 0 Å². The minimum Gasteiger partial charge on any atom is -0.481 e. The molecule has 2 aromatic rings. The Labute approximate surface area is 90.9 Å². The molecular weight excluding hydrogens is 216 g/mol. The molecule has 0 saturated heterocycles. The summed E-state index contributed by atoms with van der Waals surface area (Å²) < 4.78 is 0. The maximum Gasteiger partial charge on any atom is 0.303 e. The fraction of sp³-hybridized carbons (Fsp3) is 0.200. The minimum absolute atomic E-state index is 0.111. The zero-order valence-electron chi connectivity index (χ0n) is 7.83. The molecule has 0 unspecified atom stereocenters. The lowest BCUT2D eigenvalue weighted by Gasteiger charge is -2.00. The fourth-order valence-electron chi connectivity index (χ4n) is 1.47. The Kier molecular flexibility index (Phi) is 2.60. The summed E-state index contributed by atoms with van der Waals surface area (Å²) in [7, 11) is 0. The zero-order chi connectivity index (χ0) is 10.8. The van der Waals surface area contributed by atoms with Crippen molar-refractivity contribution in [3.05, 3.63) is 28.9 Å². The number of nitrogens with zero attached hydrogens (tertiary/aromatic N) is 1. The number of hydrogen-bond acceptors (Lipinski definition) is 2. The number of aromatic nitrogens is 2. The molecule has 1 heterocycles. The lowest BCUT2D eigenvalue weighted by molar-refractivity contribution is -0.136. The second-order valence-electron chi connectivity index (χ2n) is 3.31. The molecule has 1 aromatic carbocycles. The molecule has 1 aromatic heterocycles. The van der Waals surface area contributed by atoms with E-state index >= 15 is 0 Å². The van der Waals surface area contributed by atoms with Gasteiger partial charge in [0.1, 0.15) is 0 Å². The molecule has 0 aliphatic carbocycles. The van der Waals surface area contributed by atoms with Crippen LogP contribution in [0.25, 0.3) is 10.9 Å². The Hall–Kier alpha value is -1.55. The Morgan fingerprint density at radius 3 is 3.07 bits per heavy atom. The SMILES string of the molecule is O=C(O)CCc1cc(Cl)c2[nH]ncc2c1. The normalized spacial score (nSPS) is 10.7. The van der Waals surface area contributed by atoms with Crippen LogP contribution in [-0.4, -0.2) is 21.3 Å². The molecule has 0 aliphatic heterocycles. The van der Waals surface area contributed by atoms with Gasteiger partial charge in [0.05, 0.1) is 16.7 Å². The van der Waals surface area contributed by atoms with E-state index in [1.807, 2.05) is 6.07 Å². The van der Waals surface area contributed by atoms with E-state index in [-0.39, 0.29) is 6.42 Å². The van der Waals surface area contributed by atoms with Crippen LogP contribution in [-0.2, 0) is 11.2 Å². The third-order valence-corrected chi connectivity index (χ3v) is 2.49. The summed E-state index contributed by atoms with van der Waals surface area (Å²) in [4.78, 5) is 10.4. The van der Waals surface area contributed by atoms with Gasteiger partial charge in [-0.15, -0.1) is 0 Å². The first-order chi connectivity index (χ1) is 7.16. The summed E-state index contributed by atoms with van der Waals surface area (Å²) in [5.74, 6) is -0.807. The molecule has 15 heavy (non-hydrogen) atoms. The number of halogens is 1. The first-order valence-electron chi connectivity index (χ1n) is 4.50. The van der Waals surface area contributed by atoms with E-state index < -0.39 is 5.97 Å². The van der Waals surface area contributed by atoms with Crippen LogP contribution in [0.15, 0.2) is 18.3 Å². The number of carboxylic acid groups (broad SMARTS) is 1. The van der Waals surface area contributed by atoms with Crippen molar-refractivity contribution in [3.8, 4) is 0 Å². The molecule has 0 spiro atoms. The highest BCUT2D eigenvalue weighted by Crippen LogP contribution is 2.23. The van der Waals surface area contributed by atoms with Crippen molar-refractivity contribution in [1.82, 2.24) is 10.2 Å². The van der Waals surface area contributed by atoms with Gasteiger partial charge < -0.3 is 5.11 Å². The van der Waals surface area contributed by atoms with Gasteiger partial charge in [-0.25, -0.2) is 0 Å². The van der Waals surface area contributed by atoms with Crippen molar-refractivity contribution in [2.45, 2.75) is 12.8 Å². The molecule has 2 rings (SSSR count). The smallest absolute Gasteiger partial charge is 0.303 e. The van der Waals surface area contributed by atoms with E-state index in [9.17, 15) is 4.79 Å². The molecule has 0 saturated carbocycles. The molecule has 0 atom stereocenters. The summed E-state index contributed by atoms with van der Waals surface area (Å²) >= 11 is 6.00. The van der Waals surface area contributed by atoms with E-state index in [0.717, 1.165) is 16.5 Å². The van der Waals surface area contributed by atoms with Gasteiger partial charge in [0.25, 0.3) is 0 Å². The maximum absolute atomic E-state index is 10.4. The quantitative estimate of drug-likeness (QED) is 0.840. The second kappa shape index (κ2) is 3.90. The molecule has 5 heteroatoms. The van der Waals surface area contributed by atoms with Crippen LogP contribution in [0.3, 0.4) is 0 Å². The largest absolute Gasteiger partial charge is 0.481 e. The predicted octanol–water partition coefficient (Wildman–Crippen LogP) is 2.23. The number of benzene rings is 1. The third kappa shape index (κ3) is 2.10. The number of nitrogens with one attached hydrogen (secondary N) is 1. The van der Waals surface area contributed by atoms with Crippen LogP contribution in [0.5, 0.6) is 0 Å². The van der Waals surface area contributed by atoms with E-state index in [2.05, 4.69) is 10.2 Å². The monoisotopic (exact) mass is 224 g/mol. The lowest BCUT2D eigenvalue weighted by atomic mass is 10.1. The number of aliphatic carboxylic acids is 1. The number of aryl methyl sites for hydroxylation is 1. The molecular formula is C10H9ClN2O2. The van der Waals surface area contributed by atoms with E-state index in [0.29, 0.717) is 11.4 Å². The molecule has 4 nitrogen and oxygen atoms in total. The van der Waals surface area contributed by atoms with E-state index in [1.54, 1.807) is 12.3 Å². The summed E-state index contributed by atoms with van der Waals surface area (Å²) in [5, 5.41) is 16.7. The Balaban J connectivity index is 2.32. The predicted molar refractivity (Wildman–Crippen MR) is 57.1 cm³/mol. The lowest BCUT2D eigenvalue weighted by Crippen LogP contribution is -1.97. The first kappa shape index (κ1) is 9.98. The van der Waals surface area contributed by atoms with Crippen LogP contribution < -0.4 is 0 Å². The van der Waals surface area contributed by atoms with Gasteiger partial charge in [-0.3, -0.25) is 9.89 Å². The zero-order valence-corrected chi connectivity index (χ0v) is 8.58. The van der Waals surface area contributed by atoms with Crippen molar-refractivity contribution in [3.63, 3.8) is 0 Å². The number of carbonyl (C=O) groups is 1. The Morgan fingerprint density at radius 2 is 2.33 bits per heavy atom. The molecule has 78 valence electrons. The van der Waals surface area contributed by atoms with Crippen molar-refractivity contribution in [1.29, 1.82) is 0 Å². The molecule has 0 radical (unpaired) electrons. The molecule has 0 bridgehead atoms. The number of H-pyrrole nitrogens is 1. The first-order valence-corrected chi connectivity index (χ1v) is 4.88. The van der Waals surface area contributed by atoms with Crippen molar-refractivity contribution in [2.24, 2.45) is 0 Å². The molecule has 2 N–H and O–H groups in total. The highest BCUT2D eigenvalue weighted by Gasteiger charge is 2.05. The number of aromatic amines is 1. The highest BCUT2D eigenvalue weighted by molar-refractivity contribution is 6.35. The highest BCUT2D eigenvalue weighted by atomic mass is 35.5. The van der Waals surface area contributed by atoms with Crippen LogP contribution >= 0.6 is 11.6 Å². The number of carboxylic acids is 1. The van der Waals surface area contributed by atoms with Crippen molar-refractivity contribution >= 4 is 28.5 Å². The Morgan fingerprint density at radius 1 is 1.53 bits per heavy atom. The summed E-state index contributed by atoms with van der Waals surface area (Å²) in [5.41, 5.74) is 1.70. The molecule has 0 aliphatic rings. The van der Waals surface area contributed by atoms with Gasteiger partial charge in [0.2, 0.25) is 0 Å². The van der Waals surface area contributed by atoms with Gasteiger partial charge in [0, 0.05) is 11.8 Å². The van der Waals surface area contributed by atoms with E-state index in [4.69, 9.17) is 16.7 Å². The Bertz CT molecular complexity index is 507. The average molecular weight is 225 g/mol. The second-order valence-corrected chi connectivity index (χ2v) is 3.71. The average Bonchev–Trinajstić information content (AvgIpc) is 2.63. The standard InChI is InChI=1S/C10H9ClN2O2/c11-8-4-6(1-2-9(14)15)3-7-5-12-13-10(7)8/h3-5H,1-2H2,(H,12,13)(H,14,15). The fourth-order valence-corrected chi connectivity index (χ4v) is 1.76. The van der Waals surface area contributed by atoms with Crippen molar-refractivity contribution < 1.29 is 9.90 Å². The van der Waals surface area contributed by atoms with Gasteiger partial charge >= 0.3 is 5.97 Å². The van der Waals surface area contributed by atoms with Crippen LogP contribution in [0, 0.1) is 0 Å². The molecule has 0 amide bonds. The maximum atomic E-state index is 10.4. The number of hydrogen-bond donors (Lipinski definition) is 2. The molecule has 0 fully saturated rings.